The second-order valence-electron chi connectivity index (χ2n) is 4.30. The van der Waals surface area contributed by atoms with Crippen LogP contribution in [0.15, 0.2) is 47.4 Å². The van der Waals surface area contributed by atoms with Crippen molar-refractivity contribution in [1.29, 1.82) is 0 Å². The lowest BCUT2D eigenvalue weighted by Crippen LogP contribution is -2.11. The van der Waals surface area contributed by atoms with Gasteiger partial charge >= 0.3 is 16.1 Å². The van der Waals surface area contributed by atoms with Crippen molar-refractivity contribution < 1.29 is 26.9 Å². The van der Waals surface area contributed by atoms with E-state index in [1.165, 1.54) is 12.1 Å². The zero-order valence-electron chi connectivity index (χ0n) is 10.9. The van der Waals surface area contributed by atoms with Crippen molar-refractivity contribution in [3.63, 3.8) is 0 Å². The average molecular weight is 310 g/mol. The molecule has 0 heterocycles. The van der Waals surface area contributed by atoms with Gasteiger partial charge in [0.1, 0.15) is 4.90 Å². The van der Waals surface area contributed by atoms with Crippen molar-refractivity contribution in [3.05, 3.63) is 59.4 Å². The molecule has 5 nitrogen and oxygen atoms in total. The van der Waals surface area contributed by atoms with Gasteiger partial charge in [0, 0.05) is 0 Å². The maximum Gasteiger partial charge on any atom is 0.339 e. The van der Waals surface area contributed by atoms with Crippen LogP contribution in [0, 0.1) is 12.7 Å². The van der Waals surface area contributed by atoms with E-state index in [-0.39, 0.29) is 10.5 Å². The summed E-state index contributed by atoms with van der Waals surface area (Å²) >= 11 is 0. The number of aromatic carboxylic acids is 1. The molecule has 0 fully saturated rings. The van der Waals surface area contributed by atoms with Crippen LogP contribution in [-0.2, 0) is 10.1 Å². The normalized spacial score (nSPS) is 11.1. The van der Waals surface area contributed by atoms with Crippen molar-refractivity contribution in [2.75, 3.05) is 0 Å². The van der Waals surface area contributed by atoms with Gasteiger partial charge < -0.3 is 9.29 Å². The van der Waals surface area contributed by atoms with Crippen LogP contribution in [0.25, 0.3) is 0 Å². The SMILES string of the molecule is Cc1ccc(S(=O)(=O)Oc2ccc(C(=O)O)cc2F)cc1. The summed E-state index contributed by atoms with van der Waals surface area (Å²) < 4.78 is 42.3. The van der Waals surface area contributed by atoms with Gasteiger partial charge in [0.05, 0.1) is 5.56 Å². The molecule has 2 rings (SSSR count). The Labute approximate surface area is 120 Å². The molecule has 0 unspecified atom stereocenters. The van der Waals surface area contributed by atoms with E-state index in [0.717, 1.165) is 17.7 Å². The van der Waals surface area contributed by atoms with Crippen molar-refractivity contribution in [1.82, 2.24) is 0 Å². The highest BCUT2D eigenvalue weighted by Gasteiger charge is 2.19. The van der Waals surface area contributed by atoms with E-state index in [4.69, 9.17) is 9.29 Å². The molecule has 0 amide bonds. The molecular weight excluding hydrogens is 299 g/mol. The first-order chi connectivity index (χ1) is 9.79. The van der Waals surface area contributed by atoms with Crippen molar-refractivity contribution in [2.45, 2.75) is 11.8 Å². The first kappa shape index (κ1) is 15.0. The molecule has 2 aromatic rings. The lowest BCUT2D eigenvalue weighted by molar-refractivity contribution is 0.0696. The van der Waals surface area contributed by atoms with Crippen LogP contribution >= 0.6 is 0 Å². The minimum atomic E-state index is -4.17. The van der Waals surface area contributed by atoms with Crippen LogP contribution < -0.4 is 4.18 Å². The van der Waals surface area contributed by atoms with Gasteiger partial charge in [-0.1, -0.05) is 17.7 Å². The largest absolute Gasteiger partial charge is 0.478 e. The van der Waals surface area contributed by atoms with Crippen LogP contribution in [0.2, 0.25) is 0 Å². The zero-order chi connectivity index (χ0) is 15.6. The second kappa shape index (κ2) is 5.53. The van der Waals surface area contributed by atoms with E-state index in [0.29, 0.717) is 6.07 Å². The van der Waals surface area contributed by atoms with E-state index >= 15 is 0 Å². The van der Waals surface area contributed by atoms with Crippen LogP contribution in [-0.4, -0.2) is 19.5 Å². The highest BCUT2D eigenvalue weighted by atomic mass is 32.2. The lowest BCUT2D eigenvalue weighted by atomic mass is 10.2. The van der Waals surface area contributed by atoms with E-state index in [9.17, 15) is 17.6 Å². The number of carbonyl (C=O) groups is 1. The Morgan fingerprint density at radius 3 is 2.29 bits per heavy atom. The standard InChI is InChI=1S/C14H11FO5S/c1-9-2-5-11(6-3-9)21(18,19)20-13-7-4-10(14(16)17)8-12(13)15/h2-8H,1H3,(H,16,17). The summed E-state index contributed by atoms with van der Waals surface area (Å²) in [6.07, 6.45) is 0. The van der Waals surface area contributed by atoms with Crippen molar-refractivity contribution >= 4 is 16.1 Å². The molecule has 0 atom stereocenters. The number of halogens is 1. The fourth-order valence-electron chi connectivity index (χ4n) is 1.57. The summed E-state index contributed by atoms with van der Waals surface area (Å²) in [5, 5.41) is 8.71. The monoisotopic (exact) mass is 310 g/mol. The van der Waals surface area contributed by atoms with E-state index < -0.39 is 27.7 Å². The zero-order valence-corrected chi connectivity index (χ0v) is 11.7. The smallest absolute Gasteiger partial charge is 0.339 e. The molecule has 0 aliphatic carbocycles. The van der Waals surface area contributed by atoms with Gasteiger partial charge in [0.25, 0.3) is 0 Å². The number of carboxylic acid groups (broad SMARTS) is 1. The van der Waals surface area contributed by atoms with Gasteiger partial charge in [0.2, 0.25) is 0 Å². The highest BCUT2D eigenvalue weighted by Crippen LogP contribution is 2.23. The molecule has 0 saturated carbocycles. The number of hydrogen-bond acceptors (Lipinski definition) is 4. The molecule has 7 heteroatoms. The third-order valence-electron chi connectivity index (χ3n) is 2.69. The Morgan fingerprint density at radius 2 is 1.76 bits per heavy atom. The number of aryl methyl sites for hydroxylation is 1. The molecule has 2 aromatic carbocycles. The van der Waals surface area contributed by atoms with Gasteiger partial charge in [0.15, 0.2) is 11.6 Å². The Morgan fingerprint density at radius 1 is 1.14 bits per heavy atom. The molecule has 0 aromatic heterocycles. The molecule has 0 spiro atoms. The summed E-state index contributed by atoms with van der Waals surface area (Å²) in [5.74, 6) is -2.94. The number of hydrogen-bond donors (Lipinski definition) is 1. The van der Waals surface area contributed by atoms with Crippen LogP contribution in [0.4, 0.5) is 4.39 Å². The summed E-state index contributed by atoms with van der Waals surface area (Å²) in [6.45, 7) is 1.79. The minimum absolute atomic E-state index is 0.116. The van der Waals surface area contributed by atoms with Gasteiger partial charge in [-0.25, -0.2) is 9.18 Å². The lowest BCUT2D eigenvalue weighted by Gasteiger charge is -2.08. The Kier molecular flexibility index (Phi) is 3.95. The topological polar surface area (TPSA) is 80.7 Å². The van der Waals surface area contributed by atoms with Gasteiger partial charge in [-0.05, 0) is 37.3 Å². The quantitative estimate of drug-likeness (QED) is 0.878. The third kappa shape index (κ3) is 3.38. The number of carboxylic acids is 1. The summed E-state index contributed by atoms with van der Waals surface area (Å²) in [6, 6.07) is 8.57. The Bertz CT molecular complexity index is 782. The predicted molar refractivity (Wildman–Crippen MR) is 72.4 cm³/mol. The van der Waals surface area contributed by atoms with E-state index in [2.05, 4.69) is 0 Å². The predicted octanol–water partition coefficient (Wildman–Crippen LogP) is 2.60. The molecular formula is C14H11FO5S. The Hall–Kier alpha value is -2.41. The summed E-state index contributed by atoms with van der Waals surface area (Å²) in [5.41, 5.74) is 0.568. The van der Waals surface area contributed by atoms with Gasteiger partial charge in [-0.3, -0.25) is 0 Å². The first-order valence-corrected chi connectivity index (χ1v) is 7.24. The summed E-state index contributed by atoms with van der Waals surface area (Å²) in [4.78, 5) is 10.6. The molecule has 1 N–H and O–H groups in total. The first-order valence-electron chi connectivity index (χ1n) is 5.83. The molecule has 110 valence electrons. The van der Waals surface area contributed by atoms with Crippen LogP contribution in [0.1, 0.15) is 15.9 Å². The number of benzene rings is 2. The van der Waals surface area contributed by atoms with Crippen molar-refractivity contribution in [3.8, 4) is 5.75 Å². The number of rotatable bonds is 4. The second-order valence-corrected chi connectivity index (χ2v) is 5.85. The fraction of sp³-hybridized carbons (Fsp3) is 0.0714. The third-order valence-corrected chi connectivity index (χ3v) is 3.94. The summed E-state index contributed by atoms with van der Waals surface area (Å²) in [7, 11) is -4.17. The highest BCUT2D eigenvalue weighted by molar-refractivity contribution is 7.87. The van der Waals surface area contributed by atoms with Crippen molar-refractivity contribution in [2.24, 2.45) is 0 Å². The maximum absolute atomic E-state index is 13.7. The van der Waals surface area contributed by atoms with Crippen LogP contribution in [0.5, 0.6) is 5.75 Å². The Balaban J connectivity index is 2.32. The van der Waals surface area contributed by atoms with E-state index in [1.807, 2.05) is 0 Å². The molecule has 21 heavy (non-hydrogen) atoms. The van der Waals surface area contributed by atoms with E-state index in [1.54, 1.807) is 19.1 Å². The van der Waals surface area contributed by atoms with Crippen LogP contribution in [0.3, 0.4) is 0 Å². The molecule has 0 saturated heterocycles. The molecule has 0 bridgehead atoms. The fourth-order valence-corrected chi connectivity index (χ4v) is 2.51. The molecule has 0 aliphatic rings. The maximum atomic E-state index is 13.7. The molecule has 0 aliphatic heterocycles. The molecule has 0 radical (unpaired) electrons. The van der Waals surface area contributed by atoms with Gasteiger partial charge in [-0.15, -0.1) is 0 Å². The van der Waals surface area contributed by atoms with Gasteiger partial charge in [-0.2, -0.15) is 8.42 Å². The average Bonchev–Trinajstić information content (AvgIpc) is 2.41. The minimum Gasteiger partial charge on any atom is -0.478 e.